The maximum absolute atomic E-state index is 2.47. The lowest BCUT2D eigenvalue weighted by atomic mass is 9.72. The average molecular weight is 226 g/mol. The second-order valence-corrected chi connectivity index (χ2v) is 6.44. The maximum atomic E-state index is 2.47. The zero-order valence-electron chi connectivity index (χ0n) is 11.2. The molecular formula is C17H22. The van der Waals surface area contributed by atoms with Crippen LogP contribution >= 0.6 is 0 Å². The van der Waals surface area contributed by atoms with Gasteiger partial charge in [-0.2, -0.15) is 0 Å². The van der Waals surface area contributed by atoms with Crippen molar-refractivity contribution in [1.82, 2.24) is 0 Å². The third kappa shape index (κ3) is 1.74. The van der Waals surface area contributed by atoms with Gasteiger partial charge in [0.1, 0.15) is 0 Å². The van der Waals surface area contributed by atoms with Crippen LogP contribution in [0.4, 0.5) is 0 Å². The molecule has 0 saturated heterocycles. The Morgan fingerprint density at radius 2 is 2.06 bits per heavy atom. The summed E-state index contributed by atoms with van der Waals surface area (Å²) < 4.78 is 0. The van der Waals surface area contributed by atoms with Gasteiger partial charge in [0, 0.05) is 0 Å². The van der Waals surface area contributed by atoms with E-state index in [0.29, 0.717) is 5.41 Å². The number of rotatable bonds is 1. The highest BCUT2D eigenvalue weighted by atomic mass is 14.5. The second kappa shape index (κ2) is 3.73. The molecule has 1 aromatic carbocycles. The molecule has 2 aliphatic rings. The zero-order chi connectivity index (χ0) is 12.0. The highest BCUT2D eigenvalue weighted by Crippen LogP contribution is 2.59. The Balaban J connectivity index is 1.99. The number of benzene rings is 1. The molecule has 2 saturated carbocycles. The molecule has 90 valence electrons. The molecule has 0 N–H and O–H groups in total. The van der Waals surface area contributed by atoms with Crippen molar-refractivity contribution in [2.45, 2.75) is 40.0 Å². The van der Waals surface area contributed by atoms with Crippen molar-refractivity contribution in [3.63, 3.8) is 0 Å². The molecule has 3 rings (SSSR count). The van der Waals surface area contributed by atoms with E-state index in [1.54, 1.807) is 5.57 Å². The van der Waals surface area contributed by atoms with Gasteiger partial charge >= 0.3 is 0 Å². The lowest BCUT2D eigenvalue weighted by molar-refractivity contribution is 0.290. The number of allylic oxidation sites excluding steroid dienone is 1. The van der Waals surface area contributed by atoms with Crippen LogP contribution in [0.1, 0.15) is 44.2 Å². The summed E-state index contributed by atoms with van der Waals surface area (Å²) in [4.78, 5) is 0. The van der Waals surface area contributed by atoms with Crippen molar-refractivity contribution >= 4 is 6.08 Å². The van der Waals surface area contributed by atoms with Gasteiger partial charge in [0.05, 0.1) is 0 Å². The van der Waals surface area contributed by atoms with E-state index in [0.717, 1.165) is 11.8 Å². The van der Waals surface area contributed by atoms with E-state index in [-0.39, 0.29) is 0 Å². The lowest BCUT2D eigenvalue weighted by Crippen LogP contribution is -2.22. The van der Waals surface area contributed by atoms with Crippen LogP contribution in [0.25, 0.3) is 6.08 Å². The third-order valence-corrected chi connectivity index (χ3v) is 5.00. The van der Waals surface area contributed by atoms with Crippen molar-refractivity contribution in [1.29, 1.82) is 0 Å². The van der Waals surface area contributed by atoms with Crippen LogP contribution in [0.5, 0.6) is 0 Å². The van der Waals surface area contributed by atoms with Gasteiger partial charge in [-0.05, 0) is 49.0 Å². The lowest BCUT2D eigenvalue weighted by Gasteiger charge is -2.33. The summed E-state index contributed by atoms with van der Waals surface area (Å²) in [5.74, 6) is 1.80. The third-order valence-electron chi connectivity index (χ3n) is 5.00. The summed E-state index contributed by atoms with van der Waals surface area (Å²) in [6, 6.07) is 8.88. The van der Waals surface area contributed by atoms with Crippen molar-refractivity contribution in [3.8, 4) is 0 Å². The number of hydrogen-bond donors (Lipinski definition) is 0. The van der Waals surface area contributed by atoms with Crippen LogP contribution in [-0.2, 0) is 0 Å². The normalized spacial score (nSPS) is 32.3. The van der Waals surface area contributed by atoms with Gasteiger partial charge in [-0.15, -0.1) is 0 Å². The molecule has 2 fully saturated rings. The molecule has 1 aromatic rings. The molecule has 0 amide bonds. The van der Waals surface area contributed by atoms with E-state index < -0.39 is 0 Å². The molecule has 0 heterocycles. The SMILES string of the molecule is Cc1cccc(/C=C2\[C@H]3CC[C@H](C3)C2(C)C)c1. The standard InChI is InChI=1S/C17H22/c1-12-5-4-6-13(9-12)10-16-14-7-8-15(11-14)17(16,2)3/h4-6,9-10,14-15H,7-8,11H2,1-3H3/b16-10+/t14-,15+/m0/s1. The molecule has 17 heavy (non-hydrogen) atoms. The minimum Gasteiger partial charge on any atom is -0.0614 e. The topological polar surface area (TPSA) is 0 Å². The van der Waals surface area contributed by atoms with Crippen molar-refractivity contribution in [3.05, 3.63) is 41.0 Å². The zero-order valence-corrected chi connectivity index (χ0v) is 11.2. The first-order valence-electron chi connectivity index (χ1n) is 6.86. The van der Waals surface area contributed by atoms with E-state index in [2.05, 4.69) is 51.1 Å². The summed E-state index contributed by atoms with van der Waals surface area (Å²) in [6.45, 7) is 7.06. The van der Waals surface area contributed by atoms with E-state index >= 15 is 0 Å². The Morgan fingerprint density at radius 3 is 2.71 bits per heavy atom. The summed E-state index contributed by atoms with van der Waals surface area (Å²) >= 11 is 0. The quantitative estimate of drug-likeness (QED) is 0.643. The Hall–Kier alpha value is -1.04. The number of fused-ring (bicyclic) bond motifs is 2. The summed E-state index contributed by atoms with van der Waals surface area (Å²) in [5.41, 5.74) is 4.90. The van der Waals surface area contributed by atoms with Gasteiger partial charge in [-0.25, -0.2) is 0 Å². The predicted octanol–water partition coefficient (Wildman–Crippen LogP) is 4.83. The Kier molecular flexibility index (Phi) is 2.43. The largest absolute Gasteiger partial charge is 0.0614 e. The van der Waals surface area contributed by atoms with Crippen molar-refractivity contribution in [2.75, 3.05) is 0 Å². The smallest absolute Gasteiger partial charge is 0.0110 e. The van der Waals surface area contributed by atoms with E-state index in [1.807, 2.05) is 0 Å². The van der Waals surface area contributed by atoms with Gasteiger partial charge in [-0.3, -0.25) is 0 Å². The van der Waals surface area contributed by atoms with Crippen LogP contribution < -0.4 is 0 Å². The van der Waals surface area contributed by atoms with Crippen LogP contribution in [0.3, 0.4) is 0 Å². The van der Waals surface area contributed by atoms with Crippen LogP contribution in [0, 0.1) is 24.2 Å². The Labute approximate surface area is 105 Å². The molecule has 0 radical (unpaired) electrons. The maximum Gasteiger partial charge on any atom is -0.0110 e. The summed E-state index contributed by atoms with van der Waals surface area (Å²) in [6.07, 6.45) is 6.77. The Morgan fingerprint density at radius 1 is 1.24 bits per heavy atom. The molecular weight excluding hydrogens is 204 g/mol. The summed E-state index contributed by atoms with van der Waals surface area (Å²) in [5, 5.41) is 0. The predicted molar refractivity (Wildman–Crippen MR) is 73.8 cm³/mol. The van der Waals surface area contributed by atoms with Gasteiger partial charge in [0.2, 0.25) is 0 Å². The first-order valence-corrected chi connectivity index (χ1v) is 6.86. The highest BCUT2D eigenvalue weighted by molar-refractivity contribution is 5.57. The van der Waals surface area contributed by atoms with Crippen LogP contribution in [0.2, 0.25) is 0 Å². The number of hydrogen-bond acceptors (Lipinski definition) is 0. The minimum atomic E-state index is 0.437. The molecule has 0 aliphatic heterocycles. The monoisotopic (exact) mass is 226 g/mol. The fourth-order valence-corrected chi connectivity index (χ4v) is 3.92. The molecule has 0 nitrogen and oxygen atoms in total. The van der Waals surface area contributed by atoms with Crippen LogP contribution in [-0.4, -0.2) is 0 Å². The average Bonchev–Trinajstić information content (AvgIpc) is 2.81. The molecule has 2 atom stereocenters. The van der Waals surface area contributed by atoms with E-state index in [1.165, 1.54) is 30.4 Å². The van der Waals surface area contributed by atoms with Crippen molar-refractivity contribution < 1.29 is 0 Å². The van der Waals surface area contributed by atoms with Gasteiger partial charge in [0.25, 0.3) is 0 Å². The molecule has 0 heteroatoms. The van der Waals surface area contributed by atoms with E-state index in [9.17, 15) is 0 Å². The Bertz CT molecular complexity index is 465. The van der Waals surface area contributed by atoms with Gasteiger partial charge < -0.3 is 0 Å². The first kappa shape index (κ1) is 11.1. The molecule has 0 spiro atoms. The molecule has 2 bridgehead atoms. The fraction of sp³-hybridized carbons (Fsp3) is 0.529. The molecule has 0 unspecified atom stereocenters. The van der Waals surface area contributed by atoms with Gasteiger partial charge in [-0.1, -0.05) is 55.3 Å². The van der Waals surface area contributed by atoms with Crippen LogP contribution in [0.15, 0.2) is 29.8 Å². The fourth-order valence-electron chi connectivity index (χ4n) is 3.92. The second-order valence-electron chi connectivity index (χ2n) is 6.44. The molecule has 2 aliphatic carbocycles. The highest BCUT2D eigenvalue weighted by Gasteiger charge is 2.48. The van der Waals surface area contributed by atoms with Gasteiger partial charge in [0.15, 0.2) is 0 Å². The molecule has 0 aromatic heterocycles. The minimum absolute atomic E-state index is 0.437. The summed E-state index contributed by atoms with van der Waals surface area (Å²) in [7, 11) is 0. The first-order chi connectivity index (χ1) is 8.07. The van der Waals surface area contributed by atoms with Crippen molar-refractivity contribution in [2.24, 2.45) is 17.3 Å². The van der Waals surface area contributed by atoms with E-state index in [4.69, 9.17) is 0 Å². The number of aryl methyl sites for hydroxylation is 1.